The van der Waals surface area contributed by atoms with E-state index in [1.807, 2.05) is 25.7 Å². The van der Waals surface area contributed by atoms with Crippen molar-refractivity contribution in [2.75, 3.05) is 6.54 Å². The van der Waals surface area contributed by atoms with Crippen molar-refractivity contribution in [2.24, 2.45) is 11.7 Å². The number of likely N-dealkylation sites (tertiary alicyclic amines) is 1. The molecule has 19 heavy (non-hydrogen) atoms. The van der Waals surface area contributed by atoms with Gasteiger partial charge in [0.1, 0.15) is 5.60 Å². The van der Waals surface area contributed by atoms with E-state index >= 15 is 0 Å². The smallest absolute Gasteiger partial charge is 0.410 e. The van der Waals surface area contributed by atoms with Crippen LogP contribution in [0.15, 0.2) is 0 Å². The number of hydrogen-bond acceptors (Lipinski definition) is 3. The van der Waals surface area contributed by atoms with E-state index in [4.69, 9.17) is 10.5 Å². The van der Waals surface area contributed by atoms with Crippen LogP contribution in [-0.4, -0.2) is 35.2 Å². The molecule has 0 aromatic heterocycles. The van der Waals surface area contributed by atoms with Gasteiger partial charge in [0.2, 0.25) is 0 Å². The molecule has 0 unspecified atom stereocenters. The Labute approximate surface area is 116 Å². The third-order valence-corrected chi connectivity index (χ3v) is 4.30. The first-order valence-electron chi connectivity index (χ1n) is 7.64. The van der Waals surface area contributed by atoms with Gasteiger partial charge in [-0.2, -0.15) is 0 Å². The number of nitrogens with zero attached hydrogens (tertiary/aromatic N) is 1. The van der Waals surface area contributed by atoms with E-state index in [2.05, 4.69) is 0 Å². The lowest BCUT2D eigenvalue weighted by molar-refractivity contribution is 0.0145. The van der Waals surface area contributed by atoms with Crippen LogP contribution < -0.4 is 5.73 Å². The molecule has 0 spiro atoms. The van der Waals surface area contributed by atoms with Crippen LogP contribution >= 0.6 is 0 Å². The van der Waals surface area contributed by atoms with E-state index in [0.29, 0.717) is 12.0 Å². The quantitative estimate of drug-likeness (QED) is 0.795. The molecule has 0 aromatic rings. The zero-order valence-corrected chi connectivity index (χ0v) is 12.5. The van der Waals surface area contributed by atoms with Gasteiger partial charge in [0.15, 0.2) is 0 Å². The van der Waals surface area contributed by atoms with E-state index < -0.39 is 5.60 Å². The number of carbonyl (C=O) groups excluding carboxylic acids is 1. The monoisotopic (exact) mass is 268 g/mol. The Hall–Kier alpha value is -0.770. The summed E-state index contributed by atoms with van der Waals surface area (Å²) in [6.07, 6.45) is 6.74. The minimum absolute atomic E-state index is 0.159. The molecule has 1 aliphatic carbocycles. The van der Waals surface area contributed by atoms with Crippen LogP contribution in [0.5, 0.6) is 0 Å². The van der Waals surface area contributed by atoms with Crippen LogP contribution in [0.2, 0.25) is 0 Å². The minimum atomic E-state index is -0.418. The maximum atomic E-state index is 12.3. The number of hydrogen-bond donors (Lipinski definition) is 1. The van der Waals surface area contributed by atoms with Crippen LogP contribution in [0.3, 0.4) is 0 Å². The molecular weight excluding hydrogens is 240 g/mol. The van der Waals surface area contributed by atoms with Gasteiger partial charge in [-0.15, -0.1) is 0 Å². The zero-order valence-electron chi connectivity index (χ0n) is 12.5. The summed E-state index contributed by atoms with van der Waals surface area (Å²) in [7, 11) is 0. The maximum Gasteiger partial charge on any atom is 0.410 e. The Bertz CT molecular complexity index is 325. The van der Waals surface area contributed by atoms with Crippen molar-refractivity contribution in [3.8, 4) is 0 Å². The third kappa shape index (κ3) is 3.62. The molecular formula is C15H28N2O2. The Kier molecular flexibility index (Phi) is 4.39. The van der Waals surface area contributed by atoms with Crippen molar-refractivity contribution in [2.45, 2.75) is 77.0 Å². The molecule has 0 radical (unpaired) electrons. The van der Waals surface area contributed by atoms with Crippen molar-refractivity contribution in [1.82, 2.24) is 4.90 Å². The minimum Gasteiger partial charge on any atom is -0.444 e. The van der Waals surface area contributed by atoms with Gasteiger partial charge in [0, 0.05) is 18.6 Å². The first kappa shape index (κ1) is 14.6. The summed E-state index contributed by atoms with van der Waals surface area (Å²) < 4.78 is 5.52. The maximum absolute atomic E-state index is 12.3. The lowest BCUT2D eigenvalue weighted by Crippen LogP contribution is -2.49. The summed E-state index contributed by atoms with van der Waals surface area (Å²) in [5.41, 5.74) is 5.85. The van der Waals surface area contributed by atoms with E-state index in [-0.39, 0.29) is 12.1 Å². The summed E-state index contributed by atoms with van der Waals surface area (Å²) >= 11 is 0. The number of nitrogens with two attached hydrogens (primary N) is 1. The molecule has 3 atom stereocenters. The SMILES string of the molecule is CC(C)(C)OC(=O)N1CCC[C@H]1[C@@H]1CCCC[C@@H]1N. The van der Waals surface area contributed by atoms with Gasteiger partial charge in [0.05, 0.1) is 0 Å². The highest BCUT2D eigenvalue weighted by molar-refractivity contribution is 5.69. The molecule has 2 aliphatic rings. The zero-order chi connectivity index (χ0) is 14.0. The van der Waals surface area contributed by atoms with Crippen molar-refractivity contribution < 1.29 is 9.53 Å². The fourth-order valence-corrected chi connectivity index (χ4v) is 3.45. The van der Waals surface area contributed by atoms with Gasteiger partial charge in [-0.25, -0.2) is 4.79 Å². The van der Waals surface area contributed by atoms with Crippen molar-refractivity contribution >= 4 is 6.09 Å². The highest BCUT2D eigenvalue weighted by Gasteiger charge is 2.39. The van der Waals surface area contributed by atoms with E-state index in [9.17, 15) is 4.79 Å². The standard InChI is InChI=1S/C15H28N2O2/c1-15(2,3)19-14(18)17-10-6-9-13(17)11-7-4-5-8-12(11)16/h11-13H,4-10,16H2,1-3H3/t11-,12+,13+/m1/s1. The van der Waals surface area contributed by atoms with Crippen LogP contribution in [0.1, 0.15) is 59.3 Å². The molecule has 4 nitrogen and oxygen atoms in total. The van der Waals surface area contributed by atoms with Gasteiger partial charge >= 0.3 is 6.09 Å². The van der Waals surface area contributed by atoms with E-state index in [1.54, 1.807) is 0 Å². The molecule has 1 aliphatic heterocycles. The largest absolute Gasteiger partial charge is 0.444 e. The average molecular weight is 268 g/mol. The summed E-state index contributed by atoms with van der Waals surface area (Å²) in [6.45, 7) is 6.58. The predicted molar refractivity (Wildman–Crippen MR) is 75.9 cm³/mol. The first-order chi connectivity index (χ1) is 8.88. The average Bonchev–Trinajstić information content (AvgIpc) is 2.76. The molecule has 1 saturated carbocycles. The first-order valence-corrected chi connectivity index (χ1v) is 7.64. The Balaban J connectivity index is 2.01. The lowest BCUT2D eigenvalue weighted by atomic mass is 9.79. The Morgan fingerprint density at radius 3 is 2.47 bits per heavy atom. The normalized spacial score (nSPS) is 32.4. The Morgan fingerprint density at radius 2 is 1.84 bits per heavy atom. The molecule has 1 heterocycles. The summed E-state index contributed by atoms with van der Waals surface area (Å²) in [6, 6.07) is 0.548. The van der Waals surface area contributed by atoms with Crippen LogP contribution in [-0.2, 0) is 4.74 Å². The van der Waals surface area contributed by atoms with Crippen LogP contribution in [0.25, 0.3) is 0 Å². The van der Waals surface area contributed by atoms with Crippen molar-refractivity contribution in [3.63, 3.8) is 0 Å². The fourth-order valence-electron chi connectivity index (χ4n) is 3.45. The second-order valence-electron chi connectivity index (χ2n) is 7.00. The molecule has 4 heteroatoms. The Morgan fingerprint density at radius 1 is 1.16 bits per heavy atom. The highest BCUT2D eigenvalue weighted by Crippen LogP contribution is 2.34. The van der Waals surface area contributed by atoms with Gasteiger partial charge in [-0.1, -0.05) is 12.8 Å². The molecule has 1 saturated heterocycles. The topological polar surface area (TPSA) is 55.6 Å². The number of amides is 1. The number of ether oxygens (including phenoxy) is 1. The lowest BCUT2D eigenvalue weighted by Gasteiger charge is -2.38. The number of carbonyl (C=O) groups is 1. The fraction of sp³-hybridized carbons (Fsp3) is 0.933. The van der Waals surface area contributed by atoms with Crippen molar-refractivity contribution in [3.05, 3.63) is 0 Å². The van der Waals surface area contributed by atoms with Crippen molar-refractivity contribution in [1.29, 1.82) is 0 Å². The van der Waals surface area contributed by atoms with Crippen LogP contribution in [0.4, 0.5) is 4.79 Å². The van der Waals surface area contributed by atoms with E-state index in [1.165, 1.54) is 12.8 Å². The predicted octanol–water partition coefficient (Wildman–Crippen LogP) is 2.90. The molecule has 110 valence electrons. The molecule has 2 N–H and O–H groups in total. The molecule has 1 amide bonds. The summed E-state index contributed by atoms with van der Waals surface area (Å²) in [5, 5.41) is 0. The van der Waals surface area contributed by atoms with Gasteiger partial charge < -0.3 is 15.4 Å². The van der Waals surface area contributed by atoms with Gasteiger partial charge in [0.25, 0.3) is 0 Å². The second-order valence-corrected chi connectivity index (χ2v) is 7.00. The molecule has 2 fully saturated rings. The van der Waals surface area contributed by atoms with Gasteiger partial charge in [-0.05, 0) is 52.4 Å². The third-order valence-electron chi connectivity index (χ3n) is 4.30. The highest BCUT2D eigenvalue weighted by atomic mass is 16.6. The molecule has 0 aromatic carbocycles. The number of rotatable bonds is 1. The van der Waals surface area contributed by atoms with Crippen LogP contribution in [0, 0.1) is 5.92 Å². The van der Waals surface area contributed by atoms with Gasteiger partial charge in [-0.3, -0.25) is 0 Å². The molecule has 2 rings (SSSR count). The second kappa shape index (κ2) is 5.70. The summed E-state index contributed by atoms with van der Waals surface area (Å²) in [4.78, 5) is 14.2. The van der Waals surface area contributed by atoms with E-state index in [0.717, 1.165) is 32.2 Å². The molecule has 0 bridgehead atoms. The summed E-state index contributed by atoms with van der Waals surface area (Å²) in [5.74, 6) is 0.462.